The van der Waals surface area contributed by atoms with Gasteiger partial charge in [-0.1, -0.05) is 64.5 Å². The van der Waals surface area contributed by atoms with Gasteiger partial charge in [-0.3, -0.25) is 10.3 Å². The zero-order valence-corrected chi connectivity index (χ0v) is 16.9. The van der Waals surface area contributed by atoms with E-state index in [2.05, 4.69) is 43.7 Å². The van der Waals surface area contributed by atoms with Crippen molar-refractivity contribution >= 4 is 15.9 Å². The number of aromatic nitrogens is 1. The van der Waals surface area contributed by atoms with Crippen molar-refractivity contribution in [3.8, 4) is 11.3 Å². The molecule has 4 rings (SSSR count). The van der Waals surface area contributed by atoms with Gasteiger partial charge in [-0.05, 0) is 41.1 Å². The molecule has 4 nitrogen and oxygen atoms in total. The summed E-state index contributed by atoms with van der Waals surface area (Å²) in [7, 11) is 0. The van der Waals surface area contributed by atoms with Gasteiger partial charge in [0, 0.05) is 29.2 Å². The van der Waals surface area contributed by atoms with Crippen LogP contribution in [0.25, 0.3) is 11.3 Å². The van der Waals surface area contributed by atoms with Gasteiger partial charge in [-0.25, -0.2) is 0 Å². The molecule has 0 aliphatic carbocycles. The van der Waals surface area contributed by atoms with E-state index in [9.17, 15) is 5.11 Å². The van der Waals surface area contributed by atoms with Crippen LogP contribution < -0.4 is 10.6 Å². The summed E-state index contributed by atoms with van der Waals surface area (Å²) >= 11 is 3.49. The second-order valence-electron chi connectivity index (χ2n) is 6.78. The third kappa shape index (κ3) is 4.17. The van der Waals surface area contributed by atoms with Crippen LogP contribution in [0, 0.1) is 0 Å². The minimum absolute atomic E-state index is 0.0137. The summed E-state index contributed by atoms with van der Waals surface area (Å²) in [5, 5.41) is 17.8. The Bertz CT molecular complexity index is 975. The van der Waals surface area contributed by atoms with Crippen LogP contribution in [0.15, 0.2) is 83.6 Å². The highest BCUT2D eigenvalue weighted by molar-refractivity contribution is 9.10. The van der Waals surface area contributed by atoms with E-state index in [0.717, 1.165) is 39.0 Å². The molecule has 5 heteroatoms. The molecule has 0 bridgehead atoms. The molecule has 0 spiro atoms. The van der Waals surface area contributed by atoms with Crippen LogP contribution in [-0.4, -0.2) is 16.6 Å². The number of benzene rings is 2. The highest BCUT2D eigenvalue weighted by Crippen LogP contribution is 2.32. The summed E-state index contributed by atoms with van der Waals surface area (Å²) in [6.45, 7) is 0.800. The van der Waals surface area contributed by atoms with E-state index in [1.807, 2.05) is 67.0 Å². The molecule has 0 saturated carbocycles. The van der Waals surface area contributed by atoms with Gasteiger partial charge in [0.05, 0.1) is 11.8 Å². The first-order chi connectivity index (χ1) is 13.7. The lowest BCUT2D eigenvalue weighted by Crippen LogP contribution is -2.35. The van der Waals surface area contributed by atoms with E-state index in [4.69, 9.17) is 0 Å². The fraction of sp³-hybridized carbons (Fsp3) is 0.174. The van der Waals surface area contributed by atoms with Crippen molar-refractivity contribution in [1.29, 1.82) is 0 Å². The number of nitrogens with zero attached hydrogens (tertiary/aromatic N) is 1. The van der Waals surface area contributed by atoms with Gasteiger partial charge in [-0.15, -0.1) is 0 Å². The monoisotopic (exact) mass is 435 g/mol. The topological polar surface area (TPSA) is 57.2 Å². The van der Waals surface area contributed by atoms with Crippen molar-refractivity contribution in [2.45, 2.75) is 18.7 Å². The molecule has 28 heavy (non-hydrogen) atoms. The Kier molecular flexibility index (Phi) is 5.86. The van der Waals surface area contributed by atoms with E-state index in [1.54, 1.807) is 0 Å². The predicted octanol–water partition coefficient (Wildman–Crippen LogP) is 4.49. The molecule has 2 unspecified atom stereocenters. The van der Waals surface area contributed by atoms with Crippen molar-refractivity contribution in [2.75, 3.05) is 6.54 Å². The van der Waals surface area contributed by atoms with Crippen molar-refractivity contribution in [3.63, 3.8) is 0 Å². The molecule has 3 N–H and O–H groups in total. The van der Waals surface area contributed by atoms with E-state index >= 15 is 0 Å². The highest BCUT2D eigenvalue weighted by Gasteiger charge is 2.22. The molecule has 2 aromatic carbocycles. The molecule has 0 radical (unpaired) electrons. The van der Waals surface area contributed by atoms with Gasteiger partial charge in [0.15, 0.2) is 0 Å². The molecule has 0 amide bonds. The molecule has 2 heterocycles. The molecule has 1 aromatic heterocycles. The number of pyridine rings is 1. The standard InChI is InChI=1S/C23H22BrN3O/c24-18-9-4-8-17(14-18)21(28)15-20-19(23-26-11-5-12-27-23)10-13-25-22(20)16-6-2-1-3-7-16/h1-11,13-14,21,23,26-28H,12,15H2. The molecule has 2 atom stereocenters. The Morgan fingerprint density at radius 3 is 2.71 bits per heavy atom. The maximum absolute atomic E-state index is 11.0. The van der Waals surface area contributed by atoms with Gasteiger partial charge >= 0.3 is 0 Å². The minimum Gasteiger partial charge on any atom is -0.388 e. The molecule has 0 fully saturated rings. The Morgan fingerprint density at radius 1 is 1.11 bits per heavy atom. The van der Waals surface area contributed by atoms with Gasteiger partial charge in [0.2, 0.25) is 0 Å². The fourth-order valence-electron chi connectivity index (χ4n) is 3.53. The van der Waals surface area contributed by atoms with Crippen molar-refractivity contribution < 1.29 is 5.11 Å². The quantitative estimate of drug-likeness (QED) is 0.552. The summed E-state index contributed by atoms with van der Waals surface area (Å²) in [5.74, 6) is 0. The van der Waals surface area contributed by atoms with Crippen LogP contribution >= 0.6 is 15.9 Å². The summed E-state index contributed by atoms with van der Waals surface area (Å²) in [6.07, 6.45) is 5.70. The Labute approximate surface area is 173 Å². The summed E-state index contributed by atoms with van der Waals surface area (Å²) in [4.78, 5) is 4.67. The summed E-state index contributed by atoms with van der Waals surface area (Å²) in [5.41, 5.74) is 4.99. The number of hydrogen-bond acceptors (Lipinski definition) is 4. The zero-order chi connectivity index (χ0) is 19.3. The normalized spacial score (nSPS) is 17.1. The lowest BCUT2D eigenvalue weighted by Gasteiger charge is -2.26. The second kappa shape index (κ2) is 8.69. The molecule has 142 valence electrons. The number of aliphatic hydroxyl groups is 1. The lowest BCUT2D eigenvalue weighted by atomic mass is 9.92. The molecule has 1 aliphatic heterocycles. The Hall–Kier alpha value is -2.47. The molecule has 3 aromatic rings. The summed E-state index contributed by atoms with van der Waals surface area (Å²) < 4.78 is 0.958. The SMILES string of the molecule is OC(Cc1c(C2NC=CCN2)ccnc1-c1ccccc1)c1cccc(Br)c1. The van der Waals surface area contributed by atoms with Crippen molar-refractivity contribution in [1.82, 2.24) is 15.6 Å². The van der Waals surface area contributed by atoms with Crippen molar-refractivity contribution in [3.05, 3.63) is 100 Å². The van der Waals surface area contributed by atoms with Crippen LogP contribution in [0.2, 0.25) is 0 Å². The number of hydrogen-bond donors (Lipinski definition) is 3. The zero-order valence-electron chi connectivity index (χ0n) is 15.3. The van der Waals surface area contributed by atoms with Gasteiger partial charge in [0.1, 0.15) is 6.17 Å². The molecule has 1 aliphatic rings. The average Bonchev–Trinajstić information content (AvgIpc) is 2.75. The highest BCUT2D eigenvalue weighted by atomic mass is 79.9. The first kappa shape index (κ1) is 18.9. The molecular weight excluding hydrogens is 414 g/mol. The van der Waals surface area contributed by atoms with Gasteiger partial charge < -0.3 is 10.4 Å². The van der Waals surface area contributed by atoms with E-state index < -0.39 is 6.10 Å². The number of rotatable bonds is 5. The molecule has 0 saturated heterocycles. The second-order valence-corrected chi connectivity index (χ2v) is 7.69. The van der Waals surface area contributed by atoms with Crippen LogP contribution in [0.1, 0.15) is 29.0 Å². The largest absolute Gasteiger partial charge is 0.388 e. The average molecular weight is 436 g/mol. The smallest absolute Gasteiger partial charge is 0.103 e. The number of aliphatic hydroxyl groups excluding tert-OH is 1. The van der Waals surface area contributed by atoms with Gasteiger partial charge in [-0.2, -0.15) is 0 Å². The van der Waals surface area contributed by atoms with E-state index in [-0.39, 0.29) is 6.17 Å². The van der Waals surface area contributed by atoms with Crippen LogP contribution in [0.3, 0.4) is 0 Å². The Morgan fingerprint density at radius 2 is 1.96 bits per heavy atom. The Balaban J connectivity index is 1.76. The first-order valence-electron chi connectivity index (χ1n) is 9.33. The van der Waals surface area contributed by atoms with Crippen LogP contribution in [-0.2, 0) is 6.42 Å². The first-order valence-corrected chi connectivity index (χ1v) is 10.1. The number of nitrogens with one attached hydrogen (secondary N) is 2. The third-order valence-corrected chi connectivity index (χ3v) is 5.40. The molecular formula is C23H22BrN3O. The number of halogens is 1. The van der Waals surface area contributed by atoms with Crippen molar-refractivity contribution in [2.24, 2.45) is 0 Å². The predicted molar refractivity (Wildman–Crippen MR) is 115 cm³/mol. The summed E-state index contributed by atoms with van der Waals surface area (Å²) in [6, 6.07) is 20.0. The third-order valence-electron chi connectivity index (χ3n) is 4.90. The maximum Gasteiger partial charge on any atom is 0.103 e. The van der Waals surface area contributed by atoms with Crippen LogP contribution in [0.5, 0.6) is 0 Å². The lowest BCUT2D eigenvalue weighted by molar-refractivity contribution is 0.178. The van der Waals surface area contributed by atoms with E-state index in [0.29, 0.717) is 6.42 Å². The fourth-order valence-corrected chi connectivity index (χ4v) is 3.95. The van der Waals surface area contributed by atoms with Crippen LogP contribution in [0.4, 0.5) is 0 Å². The van der Waals surface area contributed by atoms with E-state index in [1.165, 1.54) is 0 Å². The van der Waals surface area contributed by atoms with Gasteiger partial charge in [0.25, 0.3) is 0 Å². The minimum atomic E-state index is -0.623. The maximum atomic E-state index is 11.0.